The molecule has 0 saturated carbocycles. The summed E-state index contributed by atoms with van der Waals surface area (Å²) in [5.74, 6) is 0.119. The second-order valence-corrected chi connectivity index (χ2v) is 12.0. The normalized spacial score (nSPS) is 12.3. The lowest BCUT2D eigenvalue weighted by atomic mass is 10.1. The van der Waals surface area contributed by atoms with Gasteiger partial charge < -0.3 is 20.3 Å². The topological polar surface area (TPSA) is 87.7 Å². The number of para-hydroxylation sites is 1. The predicted molar refractivity (Wildman–Crippen MR) is 187 cm³/mol. The Morgan fingerprint density at radius 3 is 2.30 bits per heavy atom. The van der Waals surface area contributed by atoms with Crippen LogP contribution < -0.4 is 20.3 Å². The molecule has 1 aliphatic rings. The Balaban J connectivity index is 1.13. The van der Waals surface area contributed by atoms with Crippen molar-refractivity contribution in [3.05, 3.63) is 161 Å². The molecule has 0 aliphatic carbocycles. The second-order valence-electron chi connectivity index (χ2n) is 10.9. The molecular weight excluding hydrogens is 607 g/mol. The maximum atomic E-state index is 13.6. The summed E-state index contributed by atoms with van der Waals surface area (Å²) in [4.78, 5) is 42.4. The summed E-state index contributed by atoms with van der Waals surface area (Å²) in [6, 6.07) is 41.2. The van der Waals surface area contributed by atoms with Crippen LogP contribution in [-0.2, 0) is 22.6 Å². The van der Waals surface area contributed by atoms with Gasteiger partial charge in [0.15, 0.2) is 0 Å². The van der Waals surface area contributed by atoms with E-state index in [-0.39, 0.29) is 17.4 Å². The van der Waals surface area contributed by atoms with E-state index in [9.17, 15) is 14.4 Å². The van der Waals surface area contributed by atoms with E-state index >= 15 is 0 Å². The van der Waals surface area contributed by atoms with Gasteiger partial charge in [-0.05, 0) is 77.7 Å². The van der Waals surface area contributed by atoms with E-state index in [1.54, 1.807) is 36.4 Å². The monoisotopic (exact) mass is 639 g/mol. The van der Waals surface area contributed by atoms with Crippen LogP contribution in [-0.4, -0.2) is 30.0 Å². The molecule has 0 atom stereocenters. The standard InChI is InChI=1S/C39H33N3O4S/c43-37(42-23-22-30-12-7-8-17-36(30)42)27-47-34-16-9-15-32(25-34)40-39(45)35(41-38(44)31-13-5-2-6-14-31)24-28-18-20-33(21-19-28)46-26-29-10-3-1-4-11-29/h1-21,24-25H,22-23,26-27H2,(H,40,45)(H,41,44)/b35-24-. The fourth-order valence-corrected chi connectivity index (χ4v) is 6.02. The summed E-state index contributed by atoms with van der Waals surface area (Å²) in [6.45, 7) is 1.12. The first-order valence-corrected chi connectivity index (χ1v) is 16.3. The number of thioether (sulfide) groups is 1. The average Bonchev–Trinajstić information content (AvgIpc) is 3.55. The number of rotatable bonds is 11. The third-order valence-corrected chi connectivity index (χ3v) is 8.59. The van der Waals surface area contributed by atoms with Gasteiger partial charge in [-0.15, -0.1) is 11.8 Å². The third kappa shape index (κ3) is 8.36. The molecule has 47 heavy (non-hydrogen) atoms. The minimum Gasteiger partial charge on any atom is -0.489 e. The maximum Gasteiger partial charge on any atom is 0.272 e. The Bertz CT molecular complexity index is 1890. The maximum absolute atomic E-state index is 13.6. The molecule has 7 nitrogen and oxygen atoms in total. The molecule has 234 valence electrons. The molecule has 0 saturated heterocycles. The Morgan fingerprint density at radius 1 is 0.787 bits per heavy atom. The van der Waals surface area contributed by atoms with E-state index in [0.29, 0.717) is 35.7 Å². The van der Waals surface area contributed by atoms with Gasteiger partial charge in [0, 0.05) is 28.4 Å². The molecule has 5 aromatic carbocycles. The highest BCUT2D eigenvalue weighted by atomic mass is 32.2. The number of benzene rings is 5. The van der Waals surface area contributed by atoms with Crippen molar-refractivity contribution >= 4 is 46.9 Å². The van der Waals surface area contributed by atoms with E-state index in [0.717, 1.165) is 22.6 Å². The van der Waals surface area contributed by atoms with E-state index < -0.39 is 11.8 Å². The molecule has 2 N–H and O–H groups in total. The molecule has 0 spiro atoms. The number of ether oxygens (including phenoxy) is 1. The van der Waals surface area contributed by atoms with Gasteiger partial charge in [0.2, 0.25) is 5.91 Å². The quantitative estimate of drug-likeness (QED) is 0.117. The summed E-state index contributed by atoms with van der Waals surface area (Å²) < 4.78 is 5.90. The molecule has 3 amide bonds. The Kier molecular flexibility index (Phi) is 10.1. The van der Waals surface area contributed by atoms with Crippen LogP contribution in [0.3, 0.4) is 0 Å². The van der Waals surface area contributed by atoms with Crippen molar-refractivity contribution in [3.8, 4) is 5.75 Å². The van der Waals surface area contributed by atoms with Crippen molar-refractivity contribution in [3.63, 3.8) is 0 Å². The summed E-state index contributed by atoms with van der Waals surface area (Å²) in [6.07, 6.45) is 2.49. The van der Waals surface area contributed by atoms with Crippen LogP contribution in [0.25, 0.3) is 6.08 Å². The van der Waals surface area contributed by atoms with E-state index in [4.69, 9.17) is 4.74 Å². The first-order chi connectivity index (χ1) is 23.0. The summed E-state index contributed by atoms with van der Waals surface area (Å²) in [5.41, 5.74) is 4.99. The number of hydrogen-bond acceptors (Lipinski definition) is 5. The number of amides is 3. The van der Waals surface area contributed by atoms with Gasteiger partial charge >= 0.3 is 0 Å². The van der Waals surface area contributed by atoms with Crippen LogP contribution in [0.1, 0.15) is 27.0 Å². The highest BCUT2D eigenvalue weighted by Crippen LogP contribution is 2.29. The first-order valence-electron chi connectivity index (χ1n) is 15.3. The Hall–Kier alpha value is -5.60. The highest BCUT2D eigenvalue weighted by Gasteiger charge is 2.24. The van der Waals surface area contributed by atoms with Gasteiger partial charge in [-0.2, -0.15) is 0 Å². The van der Waals surface area contributed by atoms with Gasteiger partial charge in [0.1, 0.15) is 18.1 Å². The lowest BCUT2D eigenvalue weighted by molar-refractivity contribution is -0.116. The molecule has 1 aliphatic heterocycles. The molecule has 0 fully saturated rings. The van der Waals surface area contributed by atoms with E-state index in [1.165, 1.54) is 17.3 Å². The zero-order chi connectivity index (χ0) is 32.4. The highest BCUT2D eigenvalue weighted by molar-refractivity contribution is 8.00. The summed E-state index contributed by atoms with van der Waals surface area (Å²) in [5, 5.41) is 5.69. The molecule has 0 radical (unpaired) electrons. The molecule has 0 unspecified atom stereocenters. The van der Waals surface area contributed by atoms with Gasteiger partial charge in [-0.1, -0.05) is 84.9 Å². The molecule has 0 aromatic heterocycles. The number of carbonyl (C=O) groups is 3. The van der Waals surface area contributed by atoms with Crippen molar-refractivity contribution in [2.45, 2.75) is 17.9 Å². The molecule has 1 heterocycles. The summed E-state index contributed by atoms with van der Waals surface area (Å²) in [7, 11) is 0. The molecule has 8 heteroatoms. The zero-order valence-corrected chi connectivity index (χ0v) is 26.4. The fraction of sp³-hybridized carbons (Fsp3) is 0.103. The van der Waals surface area contributed by atoms with Crippen molar-refractivity contribution in [1.29, 1.82) is 0 Å². The average molecular weight is 640 g/mol. The minimum absolute atomic E-state index is 0.0414. The van der Waals surface area contributed by atoms with Crippen LogP contribution in [0, 0.1) is 0 Å². The predicted octanol–water partition coefficient (Wildman–Crippen LogP) is 7.36. The van der Waals surface area contributed by atoms with Crippen molar-refractivity contribution in [2.75, 3.05) is 22.5 Å². The smallest absolute Gasteiger partial charge is 0.272 e. The minimum atomic E-state index is -0.481. The van der Waals surface area contributed by atoms with Crippen molar-refractivity contribution in [1.82, 2.24) is 5.32 Å². The largest absolute Gasteiger partial charge is 0.489 e. The van der Waals surface area contributed by atoms with Crippen LogP contribution >= 0.6 is 11.8 Å². The zero-order valence-electron chi connectivity index (χ0n) is 25.6. The summed E-state index contributed by atoms with van der Waals surface area (Å²) >= 11 is 1.42. The van der Waals surface area contributed by atoms with Crippen LogP contribution in [0.2, 0.25) is 0 Å². The van der Waals surface area contributed by atoms with E-state index in [1.807, 2.05) is 102 Å². The number of nitrogens with one attached hydrogen (secondary N) is 2. The molecule has 0 bridgehead atoms. The van der Waals surface area contributed by atoms with Crippen LogP contribution in [0.4, 0.5) is 11.4 Å². The Labute approximate surface area is 278 Å². The molecule has 6 rings (SSSR count). The van der Waals surface area contributed by atoms with E-state index in [2.05, 4.69) is 16.7 Å². The van der Waals surface area contributed by atoms with Crippen LogP contribution in [0.15, 0.2) is 144 Å². The molecule has 5 aromatic rings. The number of hydrogen-bond donors (Lipinski definition) is 2. The SMILES string of the molecule is O=C(Nc1cccc(SCC(=O)N2CCc3ccccc32)c1)/C(=C/c1ccc(OCc2ccccc2)cc1)NC(=O)c1ccccc1. The lowest BCUT2D eigenvalue weighted by Gasteiger charge is -2.17. The molecular formula is C39H33N3O4S. The Morgan fingerprint density at radius 2 is 1.51 bits per heavy atom. The number of fused-ring (bicyclic) bond motifs is 1. The first kappa shape index (κ1) is 31.4. The van der Waals surface area contributed by atoms with Gasteiger partial charge in [0.05, 0.1) is 5.75 Å². The number of anilines is 2. The lowest BCUT2D eigenvalue weighted by Crippen LogP contribution is -2.30. The number of carbonyl (C=O) groups excluding carboxylic acids is 3. The number of nitrogens with zero attached hydrogens (tertiary/aromatic N) is 1. The van der Waals surface area contributed by atoms with Crippen LogP contribution in [0.5, 0.6) is 5.75 Å². The van der Waals surface area contributed by atoms with Crippen molar-refractivity contribution in [2.24, 2.45) is 0 Å². The van der Waals surface area contributed by atoms with Gasteiger partial charge in [0.25, 0.3) is 11.8 Å². The third-order valence-electron chi connectivity index (χ3n) is 7.61. The van der Waals surface area contributed by atoms with Gasteiger partial charge in [-0.25, -0.2) is 0 Å². The van der Waals surface area contributed by atoms with Gasteiger partial charge in [-0.3, -0.25) is 14.4 Å². The second kappa shape index (κ2) is 15.1. The van der Waals surface area contributed by atoms with Crippen molar-refractivity contribution < 1.29 is 19.1 Å². The fourth-order valence-electron chi connectivity index (χ4n) is 5.19.